The van der Waals surface area contributed by atoms with E-state index in [4.69, 9.17) is 23.5 Å². The van der Waals surface area contributed by atoms with Gasteiger partial charge in [0.2, 0.25) is 5.78 Å². The zero-order valence-corrected chi connectivity index (χ0v) is 16.3. The number of aldehydes is 1. The lowest BCUT2D eigenvalue weighted by atomic mass is 9.80. The smallest absolute Gasteiger partial charge is 0.200 e. The van der Waals surface area contributed by atoms with E-state index in [1.54, 1.807) is 26.0 Å². The first-order valence-corrected chi connectivity index (χ1v) is 8.85. The minimum absolute atomic E-state index is 0.247. The van der Waals surface area contributed by atoms with Crippen molar-refractivity contribution in [1.29, 1.82) is 0 Å². The molecule has 1 aliphatic carbocycles. The predicted molar refractivity (Wildman–Crippen MR) is 96.9 cm³/mol. The first kappa shape index (κ1) is 18.6. The van der Waals surface area contributed by atoms with Crippen LogP contribution in [0.1, 0.15) is 47.2 Å². The average molecular weight is 387 g/mol. The molecular formula is C20H21NO7. The molecule has 1 saturated heterocycles. The summed E-state index contributed by atoms with van der Waals surface area (Å²) in [5.74, 6) is 0.0173. The number of hydrogen-bond donors (Lipinski definition) is 0. The molecule has 1 aromatic carbocycles. The van der Waals surface area contributed by atoms with Crippen molar-refractivity contribution in [2.75, 3.05) is 14.2 Å². The summed E-state index contributed by atoms with van der Waals surface area (Å²) in [7, 11) is 2.96. The van der Waals surface area contributed by atoms with Gasteiger partial charge in [0.1, 0.15) is 22.8 Å². The van der Waals surface area contributed by atoms with Gasteiger partial charge >= 0.3 is 0 Å². The first-order valence-electron chi connectivity index (χ1n) is 8.85. The lowest BCUT2D eigenvalue weighted by molar-refractivity contribution is -0.159. The van der Waals surface area contributed by atoms with Crippen molar-refractivity contribution in [2.24, 2.45) is 0 Å². The van der Waals surface area contributed by atoms with Gasteiger partial charge in [0.25, 0.3) is 0 Å². The van der Waals surface area contributed by atoms with Crippen LogP contribution in [-0.4, -0.2) is 48.9 Å². The molecule has 28 heavy (non-hydrogen) atoms. The van der Waals surface area contributed by atoms with Gasteiger partial charge in [-0.3, -0.25) is 9.59 Å². The van der Waals surface area contributed by atoms with Crippen molar-refractivity contribution in [3.63, 3.8) is 0 Å². The Morgan fingerprint density at radius 2 is 1.93 bits per heavy atom. The van der Waals surface area contributed by atoms with E-state index in [9.17, 15) is 9.59 Å². The molecule has 0 amide bonds. The standard InChI is InChI=1S/C20H21NO7/c1-19(2)26-18-17(23)15-13(8-20(18,3)28-19)27-21-16(15)14-10(9-22)6-11(24-4)7-12(14)25-5/h6-7,9,18H,8H2,1-5H3/t18-,20+/m0/s1. The van der Waals surface area contributed by atoms with Crippen molar-refractivity contribution >= 4 is 12.1 Å². The van der Waals surface area contributed by atoms with Crippen LogP contribution in [0.5, 0.6) is 11.5 Å². The van der Waals surface area contributed by atoms with Crippen LogP contribution in [0.2, 0.25) is 0 Å². The van der Waals surface area contributed by atoms with E-state index in [2.05, 4.69) is 5.16 Å². The van der Waals surface area contributed by atoms with Gasteiger partial charge < -0.3 is 23.5 Å². The summed E-state index contributed by atoms with van der Waals surface area (Å²) in [4.78, 5) is 25.0. The van der Waals surface area contributed by atoms with Crippen LogP contribution >= 0.6 is 0 Å². The Balaban J connectivity index is 1.89. The van der Waals surface area contributed by atoms with Gasteiger partial charge in [0.15, 0.2) is 23.9 Å². The highest BCUT2D eigenvalue weighted by Gasteiger charge is 2.58. The summed E-state index contributed by atoms with van der Waals surface area (Å²) in [6.45, 7) is 5.35. The summed E-state index contributed by atoms with van der Waals surface area (Å²) in [6.07, 6.45) is 0.193. The maximum absolute atomic E-state index is 13.3. The number of ether oxygens (including phenoxy) is 4. The zero-order chi connectivity index (χ0) is 20.3. The topological polar surface area (TPSA) is 97.1 Å². The van der Waals surface area contributed by atoms with E-state index in [1.807, 2.05) is 6.92 Å². The second kappa shape index (κ2) is 6.15. The fraction of sp³-hybridized carbons (Fsp3) is 0.450. The Labute approximate surface area is 161 Å². The third-order valence-corrected chi connectivity index (χ3v) is 5.12. The number of rotatable bonds is 4. The molecule has 0 unspecified atom stereocenters. The Hall–Kier alpha value is -2.71. The monoisotopic (exact) mass is 387 g/mol. The molecule has 1 aromatic heterocycles. The van der Waals surface area contributed by atoms with Crippen LogP contribution in [0.15, 0.2) is 16.7 Å². The summed E-state index contributed by atoms with van der Waals surface area (Å²) >= 11 is 0. The van der Waals surface area contributed by atoms with Crippen LogP contribution in [0.25, 0.3) is 11.3 Å². The molecule has 0 spiro atoms. The number of benzene rings is 1. The Bertz CT molecular complexity index is 977. The second-order valence-electron chi connectivity index (χ2n) is 7.59. The van der Waals surface area contributed by atoms with Gasteiger partial charge in [-0.05, 0) is 26.8 Å². The van der Waals surface area contributed by atoms with E-state index in [-0.39, 0.29) is 22.6 Å². The number of carbonyl (C=O) groups is 2. The minimum Gasteiger partial charge on any atom is -0.497 e. The third kappa shape index (κ3) is 2.63. The van der Waals surface area contributed by atoms with Crippen LogP contribution in [0.4, 0.5) is 0 Å². The van der Waals surface area contributed by atoms with Crippen molar-refractivity contribution in [1.82, 2.24) is 5.16 Å². The fourth-order valence-electron chi connectivity index (χ4n) is 4.06. The molecule has 1 fully saturated rings. The van der Waals surface area contributed by atoms with Gasteiger partial charge in [-0.1, -0.05) is 5.16 Å². The van der Waals surface area contributed by atoms with Gasteiger partial charge in [0, 0.05) is 18.1 Å². The van der Waals surface area contributed by atoms with Gasteiger partial charge in [-0.2, -0.15) is 0 Å². The van der Waals surface area contributed by atoms with Crippen molar-refractivity contribution in [3.05, 3.63) is 29.0 Å². The molecule has 0 radical (unpaired) electrons. The molecular weight excluding hydrogens is 366 g/mol. The minimum atomic E-state index is -0.891. The molecule has 1 aliphatic heterocycles. The molecule has 4 rings (SSSR count). The molecule has 2 heterocycles. The molecule has 148 valence electrons. The van der Waals surface area contributed by atoms with Crippen molar-refractivity contribution in [3.8, 4) is 22.8 Å². The Morgan fingerprint density at radius 1 is 1.18 bits per heavy atom. The third-order valence-electron chi connectivity index (χ3n) is 5.12. The summed E-state index contributed by atoms with van der Waals surface area (Å²) < 4.78 is 28.0. The lowest BCUT2D eigenvalue weighted by Gasteiger charge is -2.30. The van der Waals surface area contributed by atoms with Gasteiger partial charge in [-0.25, -0.2) is 0 Å². The maximum atomic E-state index is 13.3. The highest BCUT2D eigenvalue weighted by atomic mass is 16.8. The van der Waals surface area contributed by atoms with E-state index >= 15 is 0 Å². The van der Waals surface area contributed by atoms with Gasteiger partial charge in [-0.15, -0.1) is 0 Å². The zero-order valence-electron chi connectivity index (χ0n) is 16.3. The molecule has 2 aromatic rings. The lowest BCUT2D eigenvalue weighted by Crippen LogP contribution is -2.47. The molecule has 8 heteroatoms. The number of Topliss-reactive ketones (excluding diaryl/α,β-unsaturated/α-hetero) is 1. The normalized spacial score (nSPS) is 25.2. The fourth-order valence-corrected chi connectivity index (χ4v) is 4.06. The number of fused-ring (bicyclic) bond motifs is 2. The predicted octanol–water partition coefficient (Wildman–Crippen LogP) is 2.82. The van der Waals surface area contributed by atoms with Crippen molar-refractivity contribution in [2.45, 2.75) is 44.7 Å². The molecule has 0 bridgehead atoms. The number of hydrogen-bond acceptors (Lipinski definition) is 8. The van der Waals surface area contributed by atoms with Crippen LogP contribution in [0, 0.1) is 0 Å². The number of nitrogens with zero attached hydrogens (tertiary/aromatic N) is 1. The maximum Gasteiger partial charge on any atom is 0.200 e. The molecule has 8 nitrogen and oxygen atoms in total. The molecule has 0 N–H and O–H groups in total. The highest BCUT2D eigenvalue weighted by molar-refractivity contribution is 6.08. The average Bonchev–Trinajstić information content (AvgIpc) is 3.17. The van der Waals surface area contributed by atoms with Gasteiger partial charge in [0.05, 0.1) is 25.3 Å². The summed E-state index contributed by atoms with van der Waals surface area (Å²) in [5.41, 5.74) is 0.338. The molecule has 2 atom stereocenters. The SMILES string of the molecule is COc1cc(C=O)c(-c2noc3c2C(=O)[C@@H]2OC(C)(C)O[C@]2(C)C3)c(OC)c1. The van der Waals surface area contributed by atoms with E-state index in [0.717, 1.165) is 0 Å². The highest BCUT2D eigenvalue weighted by Crippen LogP contribution is 2.47. The largest absolute Gasteiger partial charge is 0.497 e. The molecule has 0 saturated carbocycles. The number of carbonyl (C=O) groups excluding carboxylic acids is 2. The number of methoxy groups -OCH3 is 2. The summed E-state index contributed by atoms with van der Waals surface area (Å²) in [5, 5.41) is 4.10. The van der Waals surface area contributed by atoms with Crippen molar-refractivity contribution < 1.29 is 33.1 Å². The van der Waals surface area contributed by atoms with Crippen LogP contribution in [-0.2, 0) is 15.9 Å². The Morgan fingerprint density at radius 3 is 2.57 bits per heavy atom. The van der Waals surface area contributed by atoms with E-state index in [1.165, 1.54) is 14.2 Å². The first-order chi connectivity index (χ1) is 13.2. The number of aromatic nitrogens is 1. The molecule has 2 aliphatic rings. The van der Waals surface area contributed by atoms with E-state index < -0.39 is 17.5 Å². The van der Waals surface area contributed by atoms with Crippen LogP contribution in [0.3, 0.4) is 0 Å². The summed E-state index contributed by atoms with van der Waals surface area (Å²) in [6, 6.07) is 3.18. The van der Waals surface area contributed by atoms with E-state index in [0.29, 0.717) is 35.5 Å². The number of ketones is 1. The quantitative estimate of drug-likeness (QED) is 0.739. The Kier molecular flexibility index (Phi) is 4.09. The van der Waals surface area contributed by atoms with Crippen LogP contribution < -0.4 is 9.47 Å². The second-order valence-corrected chi connectivity index (χ2v) is 7.59.